The number of anilines is 10. The molecule has 1 fully saturated rings. The van der Waals surface area contributed by atoms with E-state index in [1.807, 2.05) is 212 Å². The number of benzene rings is 6. The second kappa shape index (κ2) is 45.0. The molecule has 23 rings (SSSR count). The summed E-state index contributed by atoms with van der Waals surface area (Å²) >= 11 is 0. The Balaban J connectivity index is 0.000000117. The van der Waals surface area contributed by atoms with Crippen LogP contribution in [0, 0.1) is 72.6 Å². The minimum absolute atomic E-state index is 0.0782. The van der Waals surface area contributed by atoms with Crippen LogP contribution in [0.2, 0.25) is 0 Å². The van der Waals surface area contributed by atoms with E-state index in [0.717, 1.165) is 159 Å². The van der Waals surface area contributed by atoms with Crippen molar-refractivity contribution >= 4 is 98.4 Å². The highest BCUT2D eigenvalue weighted by molar-refractivity contribution is 5.94. The van der Waals surface area contributed by atoms with E-state index in [1.54, 1.807) is 103 Å². The monoisotopic (exact) mass is 1960 g/mol. The predicted octanol–water partition coefficient (Wildman–Crippen LogP) is 19.1. The number of fused-ring (bicyclic) bond motifs is 6. The van der Waals surface area contributed by atoms with E-state index in [9.17, 15) is 22.4 Å². The second-order valence-corrected chi connectivity index (χ2v) is 34.5. The molecule has 16 aromatic heterocycles. The lowest BCUT2D eigenvalue weighted by atomic mass is 10.1. The molecule has 147 heavy (non-hydrogen) atoms. The minimum Gasteiger partial charge on any atom is -0.366 e. The van der Waals surface area contributed by atoms with Crippen molar-refractivity contribution in [1.82, 2.24) is 127 Å². The number of nitriles is 2. The number of nitrogen functional groups attached to an aromatic ring is 2. The van der Waals surface area contributed by atoms with Crippen molar-refractivity contribution in [3.8, 4) is 79.7 Å². The largest absolute Gasteiger partial charge is 0.366 e. The van der Waals surface area contributed by atoms with Gasteiger partial charge >= 0.3 is 0 Å². The molecule has 17 heterocycles. The molecule has 1 aliphatic heterocycles. The van der Waals surface area contributed by atoms with E-state index >= 15 is 0 Å². The van der Waals surface area contributed by atoms with Crippen molar-refractivity contribution in [2.24, 2.45) is 5.92 Å². The lowest BCUT2D eigenvalue weighted by Crippen LogP contribution is -2.45. The highest BCUT2D eigenvalue weighted by Crippen LogP contribution is 2.31. The number of hydrogen-bond donors (Lipinski definition) is 7. The minimum atomic E-state index is -0.643. The van der Waals surface area contributed by atoms with E-state index < -0.39 is 11.6 Å². The lowest BCUT2D eigenvalue weighted by Gasteiger charge is -2.32. The number of likely N-dealkylation sites (N-methyl/N-ethyl adjacent to an activating group) is 1. The predicted molar refractivity (Wildman–Crippen MR) is 557 cm³/mol. The van der Waals surface area contributed by atoms with Gasteiger partial charge in [0.2, 0.25) is 35.7 Å². The van der Waals surface area contributed by atoms with Crippen LogP contribution < -0.4 is 38.1 Å². The summed E-state index contributed by atoms with van der Waals surface area (Å²) in [6, 6.07) is 89.5. The van der Waals surface area contributed by atoms with Crippen molar-refractivity contribution in [3.63, 3.8) is 0 Å². The standard InChI is InChI=1S/C27H30FN7O.C19H21N7.2C19H14N6.C12H8F2N4.C12H9FN4/c1-33-15-17-34(18-16-33)14-4-13-29-26(36)20-9-11-23(12-10-20)30-27-31-25-8-3-7-24(35(25)32-27)21-5-2-6-22(28)19-21;1-13(2)11-25-12-15(10-21-25)17-5-4-6-18-23-19(24-26(17)18)22-16-7-8-20-14(3)9-16;1-13-4-2-6-17(21-13)22-19-23-18-7-3-5-16(25(18)24-19)15-10-8-14(12-20)9-11-15;1-13-11-16(9-10-21-13)22-19-23-18-4-2-3-17(25(18)24-19)15-7-5-14(12-20)6-8-15;13-8-4-7(5-9(14)6-8)10-2-1-3-11-16-12(15)17-18(10)11;13-9-6-4-8(5-7-9)10-2-1-3-11-15-12(14)16-17(10)11/h2-3,5-12,19H,4,13-18H2,1H3,(H,29,36)(H,30,32);4-10,12-13H,11H2,1-3H3,(H,20,22,24);2*2-11H,1H3,(H,21,22,24);1-6H,(H2,15,17);1-7H,(H2,14,16). The Labute approximate surface area is 839 Å². The number of rotatable bonds is 21. The number of aryl methyl sites for hydroxylation is 3. The number of carbonyl (C=O) groups is 1. The van der Waals surface area contributed by atoms with Gasteiger partial charge in [-0.15, -0.1) is 30.6 Å². The van der Waals surface area contributed by atoms with Crippen LogP contribution in [0.25, 0.3) is 101 Å². The molecule has 0 bridgehead atoms. The molecule has 0 spiro atoms. The molecule has 1 amide bonds. The second-order valence-electron chi connectivity index (χ2n) is 34.5. The average molecular weight is 1960 g/mol. The molecule has 9 N–H and O–H groups in total. The Kier molecular flexibility index (Phi) is 30.0. The SMILES string of the molecule is CN1CCN(CCCNC(=O)c2ccc(Nc3nc4cccc(-c5cccc(F)c5)n4n3)cc2)CC1.Cc1cc(Nc2nc3cccc(-c4ccc(C#N)cc4)n3n2)ccn1.Cc1cc(Nc2nc3cccc(-c4cnn(CC(C)C)c4)n3n2)ccn1.Cc1cccc(Nc2nc3cccc(-c4ccc(C#N)cc4)n3n2)n1.Nc1nc2cccc(-c3cc(F)cc(F)c3)n2n1.Nc1nc2cccc(-c3ccc(F)cc3)n2n1. The highest BCUT2D eigenvalue weighted by atomic mass is 19.1. The maximum absolute atomic E-state index is 13.7. The first kappa shape index (κ1) is 97.8. The van der Waals surface area contributed by atoms with Gasteiger partial charge in [-0.25, -0.2) is 49.6 Å². The van der Waals surface area contributed by atoms with Crippen LogP contribution in [-0.4, -0.2) is 174 Å². The summed E-state index contributed by atoms with van der Waals surface area (Å²) < 4.78 is 65.2. The average Bonchev–Trinajstić information content (AvgIpc) is 1.62. The molecule has 0 unspecified atom stereocenters. The summed E-state index contributed by atoms with van der Waals surface area (Å²) in [7, 11) is 2.15. The van der Waals surface area contributed by atoms with Crippen molar-refractivity contribution in [3.05, 3.63) is 373 Å². The fourth-order valence-corrected chi connectivity index (χ4v) is 16.1. The molecule has 35 nitrogen and oxygen atoms in total. The molecule has 39 heteroatoms. The number of nitrogens with zero attached hydrogens (tertiary/aromatic N) is 27. The van der Waals surface area contributed by atoms with E-state index in [0.29, 0.717) is 87.0 Å². The third-order valence-corrected chi connectivity index (χ3v) is 23.1. The van der Waals surface area contributed by atoms with Crippen LogP contribution in [0.4, 0.5) is 76.1 Å². The van der Waals surface area contributed by atoms with Gasteiger partial charge in [-0.05, 0) is 253 Å². The van der Waals surface area contributed by atoms with Crippen molar-refractivity contribution < 1.29 is 22.4 Å². The lowest BCUT2D eigenvalue weighted by molar-refractivity contribution is 0.0949. The number of pyridine rings is 9. The first-order chi connectivity index (χ1) is 71.4. The van der Waals surface area contributed by atoms with Crippen LogP contribution in [0.3, 0.4) is 0 Å². The molecule has 6 aromatic carbocycles. The quantitative estimate of drug-likeness (QED) is 0.0259. The van der Waals surface area contributed by atoms with Gasteiger partial charge in [-0.1, -0.05) is 92.7 Å². The number of amides is 1. The first-order valence-electron chi connectivity index (χ1n) is 46.8. The van der Waals surface area contributed by atoms with E-state index in [-0.39, 0.29) is 29.4 Å². The number of piperazine rings is 1. The van der Waals surface area contributed by atoms with Crippen molar-refractivity contribution in [1.29, 1.82) is 10.5 Å². The molecule has 1 aliphatic rings. The van der Waals surface area contributed by atoms with Crippen LogP contribution in [-0.2, 0) is 6.54 Å². The Morgan fingerprint density at radius 1 is 0.388 bits per heavy atom. The number of hydrogen-bond acceptors (Lipinski definition) is 27. The molecular weight excluding hydrogens is 1870 g/mol. The zero-order valence-corrected chi connectivity index (χ0v) is 80.4. The molecular formula is C108H96F4N34O. The highest BCUT2D eigenvalue weighted by Gasteiger charge is 2.20. The maximum Gasteiger partial charge on any atom is 0.251 e. The number of aromatic nitrogens is 23. The molecule has 0 aliphatic carbocycles. The number of carbonyl (C=O) groups excluding carboxylic acids is 1. The molecule has 1 saturated heterocycles. The molecule has 0 saturated carbocycles. The number of nitrogens with two attached hydrogens (primary N) is 2. The molecule has 22 aromatic rings. The van der Waals surface area contributed by atoms with Gasteiger partial charge in [0, 0.05) is 137 Å². The zero-order chi connectivity index (χ0) is 102. The van der Waals surface area contributed by atoms with E-state index in [1.165, 1.54) is 40.9 Å². The van der Waals surface area contributed by atoms with Crippen LogP contribution >= 0.6 is 0 Å². The van der Waals surface area contributed by atoms with Gasteiger partial charge in [-0.2, -0.15) is 45.5 Å². The summed E-state index contributed by atoms with van der Waals surface area (Å²) in [5.74, 6) is 1.62. The van der Waals surface area contributed by atoms with Crippen LogP contribution in [0.15, 0.2) is 316 Å². The summed E-state index contributed by atoms with van der Waals surface area (Å²) in [6.45, 7) is 17.1. The van der Waals surface area contributed by atoms with E-state index in [2.05, 4.69) is 156 Å². The van der Waals surface area contributed by atoms with Crippen LogP contribution in [0.5, 0.6) is 0 Å². The number of nitrogens with one attached hydrogen (secondary N) is 5. The summed E-state index contributed by atoms with van der Waals surface area (Å²) in [5.41, 5.74) is 32.2. The van der Waals surface area contributed by atoms with Gasteiger partial charge in [0.25, 0.3) is 5.91 Å². The Bertz CT molecular complexity index is 8290. The fourth-order valence-electron chi connectivity index (χ4n) is 16.1. The van der Waals surface area contributed by atoms with Crippen molar-refractivity contribution in [2.45, 2.75) is 47.6 Å². The zero-order valence-electron chi connectivity index (χ0n) is 80.4. The van der Waals surface area contributed by atoms with E-state index in [4.69, 9.17) is 22.0 Å². The van der Waals surface area contributed by atoms with Gasteiger partial charge < -0.3 is 47.9 Å². The maximum atomic E-state index is 13.7. The van der Waals surface area contributed by atoms with Gasteiger partial charge in [0.15, 0.2) is 33.9 Å². The van der Waals surface area contributed by atoms with Gasteiger partial charge in [0.1, 0.15) is 29.1 Å². The molecule has 732 valence electrons. The Morgan fingerprint density at radius 3 is 1.24 bits per heavy atom. The third-order valence-electron chi connectivity index (χ3n) is 23.1. The van der Waals surface area contributed by atoms with Gasteiger partial charge in [-0.3, -0.25) is 19.4 Å². The first-order valence-corrected chi connectivity index (χ1v) is 46.8. The summed E-state index contributed by atoms with van der Waals surface area (Å²) in [4.78, 5) is 56.3. The Morgan fingerprint density at radius 2 is 0.796 bits per heavy atom. The van der Waals surface area contributed by atoms with Gasteiger partial charge in [0.05, 0.1) is 63.6 Å². The number of halogens is 4. The summed E-state index contributed by atoms with van der Waals surface area (Å²) in [5, 5.41) is 64.5. The molecule has 0 radical (unpaired) electrons. The molecule has 0 atom stereocenters. The summed E-state index contributed by atoms with van der Waals surface area (Å²) in [6.07, 6.45) is 8.37. The smallest absolute Gasteiger partial charge is 0.251 e. The third kappa shape index (κ3) is 24.6. The Hall–Kier alpha value is -19.4. The fraction of sp³-hybridized carbons (Fsp3) is 0.139. The van der Waals surface area contributed by atoms with Crippen molar-refractivity contribution in [2.75, 3.05) is 79.1 Å². The normalized spacial score (nSPS) is 11.8. The van der Waals surface area contributed by atoms with Crippen LogP contribution in [0.1, 0.15) is 58.8 Å². The topological polar surface area (TPSA) is 421 Å².